The molecular weight excluding hydrogens is 296 g/mol. The zero-order valence-electron chi connectivity index (χ0n) is 13.0. The van der Waals surface area contributed by atoms with E-state index in [1.165, 1.54) is 0 Å². The lowest BCUT2D eigenvalue weighted by Crippen LogP contribution is -2.12. The first-order chi connectivity index (χ1) is 10.5. The van der Waals surface area contributed by atoms with Gasteiger partial charge in [0, 0.05) is 17.9 Å². The molecule has 0 heterocycles. The summed E-state index contributed by atoms with van der Waals surface area (Å²) < 4.78 is 27.2. The number of benzene rings is 2. The molecule has 0 atom stereocenters. The van der Waals surface area contributed by atoms with E-state index in [2.05, 4.69) is 17.0 Å². The van der Waals surface area contributed by atoms with Crippen LogP contribution in [0.4, 0.5) is 11.4 Å². The van der Waals surface area contributed by atoms with Gasteiger partial charge in [-0.05, 0) is 49.7 Å². The van der Waals surface area contributed by atoms with Gasteiger partial charge in [-0.1, -0.05) is 31.0 Å². The van der Waals surface area contributed by atoms with Gasteiger partial charge in [0.15, 0.2) is 0 Å². The maximum Gasteiger partial charge on any atom is 0.261 e. The quantitative estimate of drug-likeness (QED) is 0.758. The monoisotopic (exact) mass is 318 g/mol. The van der Waals surface area contributed by atoms with Crippen LogP contribution in [0.2, 0.25) is 0 Å². The number of sulfonamides is 1. The van der Waals surface area contributed by atoms with Crippen molar-refractivity contribution in [2.75, 3.05) is 16.6 Å². The second-order valence-corrected chi connectivity index (χ2v) is 6.96. The Morgan fingerprint density at radius 3 is 2.09 bits per heavy atom. The fraction of sp³-hybridized carbons (Fsp3) is 0.294. The van der Waals surface area contributed by atoms with E-state index in [1.807, 2.05) is 19.1 Å². The van der Waals surface area contributed by atoms with E-state index in [9.17, 15) is 8.42 Å². The molecule has 22 heavy (non-hydrogen) atoms. The first kappa shape index (κ1) is 16.4. The van der Waals surface area contributed by atoms with Gasteiger partial charge in [0.2, 0.25) is 0 Å². The van der Waals surface area contributed by atoms with E-state index in [0.717, 1.165) is 30.6 Å². The number of anilines is 2. The van der Waals surface area contributed by atoms with Crippen LogP contribution in [0.25, 0.3) is 0 Å². The summed E-state index contributed by atoms with van der Waals surface area (Å²) in [5, 5.41) is 3.30. The number of nitrogens with one attached hydrogen (secondary N) is 2. The molecule has 0 aliphatic heterocycles. The van der Waals surface area contributed by atoms with Crippen LogP contribution in [0.15, 0.2) is 53.4 Å². The third kappa shape index (κ3) is 4.49. The lowest BCUT2D eigenvalue weighted by molar-refractivity contribution is 0.601. The Bertz CT molecular complexity index is 692. The normalized spacial score (nSPS) is 11.2. The topological polar surface area (TPSA) is 58.2 Å². The molecule has 0 aliphatic rings. The molecule has 2 N–H and O–H groups in total. The summed E-state index contributed by atoms with van der Waals surface area (Å²) in [6.07, 6.45) is 2.25. The zero-order valence-corrected chi connectivity index (χ0v) is 13.8. The van der Waals surface area contributed by atoms with Gasteiger partial charge in [0.05, 0.1) is 4.90 Å². The van der Waals surface area contributed by atoms with Gasteiger partial charge in [-0.15, -0.1) is 0 Å². The molecule has 0 saturated heterocycles. The van der Waals surface area contributed by atoms with Gasteiger partial charge in [-0.3, -0.25) is 4.72 Å². The number of rotatable bonds is 7. The Hall–Kier alpha value is -2.01. The average Bonchev–Trinajstić information content (AvgIpc) is 2.49. The first-order valence-corrected chi connectivity index (χ1v) is 8.93. The predicted molar refractivity (Wildman–Crippen MR) is 91.8 cm³/mol. The minimum atomic E-state index is -3.53. The standard InChI is InChI=1S/C17H22N2O2S/c1-3-4-13-18-15-7-9-16(10-8-15)19-22(20,21)17-11-5-14(2)6-12-17/h5-12,18-19H,3-4,13H2,1-2H3. The summed E-state index contributed by atoms with van der Waals surface area (Å²) in [6, 6.07) is 14.1. The van der Waals surface area contributed by atoms with E-state index in [1.54, 1.807) is 36.4 Å². The van der Waals surface area contributed by atoms with Gasteiger partial charge < -0.3 is 5.32 Å². The maximum absolute atomic E-state index is 12.3. The molecule has 2 aromatic carbocycles. The van der Waals surface area contributed by atoms with Crippen molar-refractivity contribution >= 4 is 21.4 Å². The molecule has 0 unspecified atom stereocenters. The highest BCUT2D eigenvalue weighted by molar-refractivity contribution is 7.92. The Morgan fingerprint density at radius 1 is 0.909 bits per heavy atom. The van der Waals surface area contributed by atoms with Crippen LogP contribution in [-0.4, -0.2) is 15.0 Å². The van der Waals surface area contributed by atoms with Crippen LogP contribution in [0.5, 0.6) is 0 Å². The minimum absolute atomic E-state index is 0.267. The molecule has 0 fully saturated rings. The lowest BCUT2D eigenvalue weighted by atomic mass is 10.2. The number of aryl methyl sites for hydroxylation is 1. The lowest BCUT2D eigenvalue weighted by Gasteiger charge is -2.10. The molecule has 118 valence electrons. The molecule has 0 amide bonds. The van der Waals surface area contributed by atoms with E-state index in [4.69, 9.17) is 0 Å². The van der Waals surface area contributed by atoms with Gasteiger partial charge in [-0.25, -0.2) is 8.42 Å². The summed E-state index contributed by atoms with van der Waals surface area (Å²) in [4.78, 5) is 0.267. The SMILES string of the molecule is CCCCNc1ccc(NS(=O)(=O)c2ccc(C)cc2)cc1. The summed E-state index contributed by atoms with van der Waals surface area (Å²) >= 11 is 0. The Labute approximate surface area is 132 Å². The van der Waals surface area contributed by atoms with Crippen molar-refractivity contribution in [3.05, 3.63) is 54.1 Å². The smallest absolute Gasteiger partial charge is 0.261 e. The van der Waals surface area contributed by atoms with Crippen molar-refractivity contribution < 1.29 is 8.42 Å². The molecule has 0 bridgehead atoms. The third-order valence-electron chi connectivity index (χ3n) is 3.33. The Kier molecular flexibility index (Phi) is 5.44. The van der Waals surface area contributed by atoms with E-state index >= 15 is 0 Å². The van der Waals surface area contributed by atoms with Gasteiger partial charge in [0.1, 0.15) is 0 Å². The van der Waals surface area contributed by atoms with Crippen molar-refractivity contribution in [1.29, 1.82) is 0 Å². The maximum atomic E-state index is 12.3. The van der Waals surface area contributed by atoms with Gasteiger partial charge in [-0.2, -0.15) is 0 Å². The van der Waals surface area contributed by atoms with Crippen LogP contribution < -0.4 is 10.0 Å². The van der Waals surface area contributed by atoms with E-state index in [0.29, 0.717) is 5.69 Å². The van der Waals surface area contributed by atoms with Crippen LogP contribution in [-0.2, 0) is 10.0 Å². The van der Waals surface area contributed by atoms with Crippen LogP contribution >= 0.6 is 0 Å². The minimum Gasteiger partial charge on any atom is -0.385 e. The molecule has 0 aliphatic carbocycles. The van der Waals surface area contributed by atoms with Gasteiger partial charge in [0.25, 0.3) is 10.0 Å². The molecular formula is C17H22N2O2S. The summed E-state index contributed by atoms with van der Waals surface area (Å²) in [6.45, 7) is 4.99. The van der Waals surface area contributed by atoms with Crippen molar-refractivity contribution in [3.63, 3.8) is 0 Å². The predicted octanol–water partition coefficient (Wildman–Crippen LogP) is 4.01. The fourth-order valence-electron chi connectivity index (χ4n) is 2.00. The summed E-state index contributed by atoms with van der Waals surface area (Å²) in [5.41, 5.74) is 2.58. The first-order valence-electron chi connectivity index (χ1n) is 7.44. The highest BCUT2D eigenvalue weighted by Gasteiger charge is 2.13. The van der Waals surface area contributed by atoms with Crippen molar-refractivity contribution in [2.24, 2.45) is 0 Å². The van der Waals surface area contributed by atoms with Crippen LogP contribution in [0, 0.1) is 6.92 Å². The number of unbranched alkanes of at least 4 members (excludes halogenated alkanes) is 1. The second kappa shape index (κ2) is 7.31. The molecule has 0 spiro atoms. The highest BCUT2D eigenvalue weighted by atomic mass is 32.2. The third-order valence-corrected chi connectivity index (χ3v) is 4.73. The molecule has 2 rings (SSSR count). The van der Waals surface area contributed by atoms with Gasteiger partial charge >= 0.3 is 0 Å². The zero-order chi connectivity index (χ0) is 16.0. The molecule has 2 aromatic rings. The van der Waals surface area contributed by atoms with E-state index in [-0.39, 0.29) is 4.90 Å². The van der Waals surface area contributed by atoms with E-state index < -0.39 is 10.0 Å². The van der Waals surface area contributed by atoms with Crippen LogP contribution in [0.1, 0.15) is 25.3 Å². The van der Waals surface area contributed by atoms with Crippen molar-refractivity contribution in [2.45, 2.75) is 31.6 Å². The van der Waals surface area contributed by atoms with Crippen molar-refractivity contribution in [3.8, 4) is 0 Å². The Morgan fingerprint density at radius 2 is 1.50 bits per heavy atom. The van der Waals surface area contributed by atoms with Crippen molar-refractivity contribution in [1.82, 2.24) is 0 Å². The molecule has 0 radical (unpaired) electrons. The summed E-state index contributed by atoms with van der Waals surface area (Å²) in [7, 11) is -3.53. The highest BCUT2D eigenvalue weighted by Crippen LogP contribution is 2.18. The molecule has 0 saturated carbocycles. The molecule has 0 aromatic heterocycles. The average molecular weight is 318 g/mol. The number of hydrogen-bond acceptors (Lipinski definition) is 3. The fourth-order valence-corrected chi connectivity index (χ4v) is 3.06. The molecule has 5 heteroatoms. The summed E-state index contributed by atoms with van der Waals surface area (Å²) in [5.74, 6) is 0. The number of hydrogen-bond donors (Lipinski definition) is 2. The van der Waals surface area contributed by atoms with Crippen LogP contribution in [0.3, 0.4) is 0 Å². The largest absolute Gasteiger partial charge is 0.385 e. The molecule has 4 nitrogen and oxygen atoms in total. The Balaban J connectivity index is 2.05. The second-order valence-electron chi connectivity index (χ2n) is 5.28.